The van der Waals surface area contributed by atoms with E-state index in [1.807, 2.05) is 0 Å². The van der Waals surface area contributed by atoms with E-state index in [9.17, 15) is 0 Å². The van der Waals surface area contributed by atoms with Crippen LogP contribution < -0.4 is 0 Å². The molecule has 0 atom stereocenters. The molecular weight excluding hydrogens is 150 g/mol. The van der Waals surface area contributed by atoms with Crippen molar-refractivity contribution in [2.45, 2.75) is 13.0 Å². The van der Waals surface area contributed by atoms with Gasteiger partial charge in [0, 0.05) is 18.9 Å². The van der Waals surface area contributed by atoms with Gasteiger partial charge in [-0.15, -0.1) is 0 Å². The third kappa shape index (κ3) is 1.77. The van der Waals surface area contributed by atoms with E-state index in [1.54, 1.807) is 0 Å². The largest absolute Gasteiger partial charge is 0.377 e. The van der Waals surface area contributed by atoms with Crippen LogP contribution in [0.4, 0.5) is 0 Å². The average molecular weight is 163 g/mol. The zero-order valence-corrected chi connectivity index (χ0v) is 7.07. The lowest BCUT2D eigenvalue weighted by molar-refractivity contribution is 0.153. The topological polar surface area (TPSA) is 14.2 Å². The Bertz CT molecular complexity index is 261. The van der Waals surface area contributed by atoms with E-state index in [4.69, 9.17) is 4.74 Å². The molecule has 0 aliphatic carbocycles. The summed E-state index contributed by atoms with van der Waals surface area (Å²) in [6, 6.07) is 4.11. The summed E-state index contributed by atoms with van der Waals surface area (Å²) in [5.74, 6) is 0. The van der Waals surface area contributed by atoms with E-state index in [1.165, 1.54) is 5.57 Å². The van der Waals surface area contributed by atoms with Crippen LogP contribution in [0, 0.1) is 0 Å². The Morgan fingerprint density at radius 3 is 2.83 bits per heavy atom. The zero-order chi connectivity index (χ0) is 8.23. The molecule has 2 rings (SSSR count). The second-order valence-corrected chi connectivity index (χ2v) is 3.04. The van der Waals surface area contributed by atoms with Gasteiger partial charge < -0.3 is 9.30 Å². The van der Waals surface area contributed by atoms with E-state index in [2.05, 4.69) is 35.2 Å². The molecule has 64 valence electrons. The third-order valence-corrected chi connectivity index (χ3v) is 2.11. The summed E-state index contributed by atoms with van der Waals surface area (Å²) in [5.41, 5.74) is 1.48. The van der Waals surface area contributed by atoms with Gasteiger partial charge in [0.05, 0.1) is 13.2 Å². The van der Waals surface area contributed by atoms with E-state index >= 15 is 0 Å². The van der Waals surface area contributed by atoms with Gasteiger partial charge in [-0.2, -0.15) is 0 Å². The van der Waals surface area contributed by atoms with Gasteiger partial charge in [-0.3, -0.25) is 0 Å². The molecule has 1 aromatic rings. The molecule has 0 bridgehead atoms. The van der Waals surface area contributed by atoms with Crippen molar-refractivity contribution < 1.29 is 4.74 Å². The van der Waals surface area contributed by atoms with Crippen LogP contribution in [0.2, 0.25) is 0 Å². The smallest absolute Gasteiger partial charge is 0.0650 e. The minimum absolute atomic E-state index is 0.788. The standard InChI is InChI=1S/C10H13NO/c1-2-6-11(5-1)9-10-3-7-12-8-4-10/h1-3,5-6H,4,7-9H2. The molecule has 0 spiro atoms. The van der Waals surface area contributed by atoms with Crippen LogP contribution in [-0.4, -0.2) is 17.8 Å². The lowest BCUT2D eigenvalue weighted by Crippen LogP contribution is -2.08. The van der Waals surface area contributed by atoms with Crippen molar-refractivity contribution in [2.75, 3.05) is 13.2 Å². The highest BCUT2D eigenvalue weighted by Gasteiger charge is 2.02. The number of hydrogen-bond acceptors (Lipinski definition) is 1. The van der Waals surface area contributed by atoms with Gasteiger partial charge in [-0.1, -0.05) is 11.6 Å². The molecule has 2 heteroatoms. The summed E-state index contributed by atoms with van der Waals surface area (Å²) in [4.78, 5) is 0. The first-order chi connectivity index (χ1) is 5.95. The van der Waals surface area contributed by atoms with Crippen LogP contribution in [0.25, 0.3) is 0 Å². The number of aromatic nitrogens is 1. The molecule has 0 N–H and O–H groups in total. The van der Waals surface area contributed by atoms with Gasteiger partial charge in [0.15, 0.2) is 0 Å². The predicted molar refractivity (Wildman–Crippen MR) is 48.0 cm³/mol. The van der Waals surface area contributed by atoms with E-state index in [0.29, 0.717) is 0 Å². The molecule has 1 aliphatic heterocycles. The van der Waals surface area contributed by atoms with Crippen molar-refractivity contribution in [3.8, 4) is 0 Å². The number of hydrogen-bond donors (Lipinski definition) is 0. The fourth-order valence-electron chi connectivity index (χ4n) is 1.42. The molecule has 0 amide bonds. The van der Waals surface area contributed by atoms with Crippen molar-refractivity contribution in [1.82, 2.24) is 4.57 Å². The van der Waals surface area contributed by atoms with Gasteiger partial charge in [0.1, 0.15) is 0 Å². The van der Waals surface area contributed by atoms with Crippen molar-refractivity contribution in [3.05, 3.63) is 36.2 Å². The van der Waals surface area contributed by atoms with Gasteiger partial charge in [0.25, 0.3) is 0 Å². The maximum atomic E-state index is 5.23. The Balaban J connectivity index is 1.98. The first-order valence-corrected chi connectivity index (χ1v) is 4.31. The third-order valence-electron chi connectivity index (χ3n) is 2.11. The summed E-state index contributed by atoms with van der Waals surface area (Å²) in [7, 11) is 0. The number of ether oxygens (including phenoxy) is 1. The lowest BCUT2D eigenvalue weighted by atomic mass is 10.1. The second kappa shape index (κ2) is 3.59. The van der Waals surface area contributed by atoms with Gasteiger partial charge in [-0.05, 0) is 18.6 Å². The van der Waals surface area contributed by atoms with Gasteiger partial charge >= 0.3 is 0 Å². The molecule has 0 fully saturated rings. The van der Waals surface area contributed by atoms with Crippen LogP contribution in [0.1, 0.15) is 6.42 Å². The molecule has 0 aromatic carbocycles. The molecule has 0 unspecified atom stereocenters. The minimum atomic E-state index is 0.788. The number of rotatable bonds is 2. The highest BCUT2D eigenvalue weighted by molar-refractivity contribution is 5.06. The highest BCUT2D eigenvalue weighted by Crippen LogP contribution is 2.10. The summed E-state index contributed by atoms with van der Waals surface area (Å²) < 4.78 is 7.42. The fourth-order valence-corrected chi connectivity index (χ4v) is 1.42. The van der Waals surface area contributed by atoms with Crippen LogP contribution in [0.3, 0.4) is 0 Å². The lowest BCUT2D eigenvalue weighted by Gasteiger charge is -2.13. The summed E-state index contributed by atoms with van der Waals surface area (Å²) >= 11 is 0. The summed E-state index contributed by atoms with van der Waals surface area (Å²) in [5, 5.41) is 0. The SMILES string of the molecule is C1=C(Cn2cccc2)CCOC1. The predicted octanol–water partition coefficient (Wildman–Crippen LogP) is 1.83. The van der Waals surface area contributed by atoms with Crippen molar-refractivity contribution in [1.29, 1.82) is 0 Å². The van der Waals surface area contributed by atoms with Crippen molar-refractivity contribution in [2.24, 2.45) is 0 Å². The monoisotopic (exact) mass is 163 g/mol. The van der Waals surface area contributed by atoms with E-state index in [0.717, 1.165) is 26.2 Å². The summed E-state index contributed by atoms with van der Waals surface area (Å²) in [6.45, 7) is 2.69. The second-order valence-electron chi connectivity index (χ2n) is 3.04. The van der Waals surface area contributed by atoms with E-state index < -0.39 is 0 Å². The minimum Gasteiger partial charge on any atom is -0.377 e. The molecule has 0 saturated carbocycles. The van der Waals surface area contributed by atoms with Gasteiger partial charge in [-0.25, -0.2) is 0 Å². The first kappa shape index (κ1) is 7.62. The van der Waals surface area contributed by atoms with Crippen LogP contribution in [0.5, 0.6) is 0 Å². The van der Waals surface area contributed by atoms with Gasteiger partial charge in [0.2, 0.25) is 0 Å². The maximum absolute atomic E-state index is 5.23. The average Bonchev–Trinajstić information content (AvgIpc) is 2.59. The van der Waals surface area contributed by atoms with E-state index in [-0.39, 0.29) is 0 Å². The van der Waals surface area contributed by atoms with Crippen LogP contribution in [-0.2, 0) is 11.3 Å². The number of nitrogens with zero attached hydrogens (tertiary/aromatic N) is 1. The molecule has 2 heterocycles. The zero-order valence-electron chi connectivity index (χ0n) is 7.07. The Morgan fingerprint density at radius 1 is 1.33 bits per heavy atom. The fraction of sp³-hybridized carbons (Fsp3) is 0.400. The molecule has 2 nitrogen and oxygen atoms in total. The molecular formula is C10H13NO. The Hall–Kier alpha value is -1.02. The first-order valence-electron chi connectivity index (χ1n) is 4.31. The molecule has 0 radical (unpaired) electrons. The van der Waals surface area contributed by atoms with Crippen LogP contribution >= 0.6 is 0 Å². The van der Waals surface area contributed by atoms with Crippen LogP contribution in [0.15, 0.2) is 36.2 Å². The molecule has 1 aromatic heterocycles. The van der Waals surface area contributed by atoms with Crippen molar-refractivity contribution >= 4 is 0 Å². The Labute approximate surface area is 72.5 Å². The summed E-state index contributed by atoms with van der Waals surface area (Å²) in [6.07, 6.45) is 7.45. The van der Waals surface area contributed by atoms with Crippen molar-refractivity contribution in [3.63, 3.8) is 0 Å². The maximum Gasteiger partial charge on any atom is 0.0650 e. The molecule has 1 aliphatic rings. The Morgan fingerprint density at radius 2 is 2.17 bits per heavy atom. The molecule has 0 saturated heterocycles. The Kier molecular flexibility index (Phi) is 2.28. The molecule has 12 heavy (non-hydrogen) atoms. The highest BCUT2D eigenvalue weighted by atomic mass is 16.5. The normalized spacial score (nSPS) is 17.5. The quantitative estimate of drug-likeness (QED) is 0.607.